The normalized spacial score (nSPS) is 11.0. The van der Waals surface area contributed by atoms with E-state index in [1.165, 1.54) is 9.75 Å². The topological polar surface area (TPSA) is 32.3 Å². The van der Waals surface area contributed by atoms with Crippen molar-refractivity contribution in [1.82, 2.24) is 9.97 Å². The van der Waals surface area contributed by atoms with E-state index >= 15 is 0 Å². The lowest BCUT2D eigenvalue weighted by Crippen LogP contribution is -2.12. The van der Waals surface area contributed by atoms with Crippen LogP contribution >= 0.6 is 22.7 Å². The van der Waals surface area contributed by atoms with Crippen LogP contribution in [0, 0.1) is 13.8 Å². The number of hydrogen-bond donors (Lipinski definition) is 0. The summed E-state index contributed by atoms with van der Waals surface area (Å²) in [6.45, 7) is 4.29. The average Bonchev–Trinajstić information content (AvgIpc) is 3.66. The van der Waals surface area contributed by atoms with Crippen LogP contribution in [0.1, 0.15) is 9.75 Å². The first kappa shape index (κ1) is 27.8. The Labute approximate surface area is 266 Å². The summed E-state index contributed by atoms with van der Waals surface area (Å²) in [4.78, 5) is 17.2. The number of benzene rings is 5. The van der Waals surface area contributed by atoms with Gasteiger partial charge in [0.1, 0.15) is 0 Å². The van der Waals surface area contributed by atoms with Crippen LogP contribution < -0.4 is 9.80 Å². The van der Waals surface area contributed by atoms with Gasteiger partial charge in [-0.3, -0.25) is 9.80 Å². The molecule has 0 amide bonds. The Morgan fingerprint density at radius 1 is 0.386 bits per heavy atom. The largest absolute Gasteiger partial charge is 0.286 e. The van der Waals surface area contributed by atoms with E-state index in [-0.39, 0.29) is 0 Å². The summed E-state index contributed by atoms with van der Waals surface area (Å²) in [5.41, 5.74) is 8.51. The standard InChI is InChI=1S/C38H30N4S2/c1-27-35(29-15-7-3-8-16-29)39-37(43-27)41(31-19-11-5-12-20-31)33-23-25-34(26-24-33)42(32-21-13-6-14-22-32)38-40-36(28(2)44-38)30-17-9-4-10-18-30/h3-26H,1-2H3. The minimum atomic E-state index is 0.934. The van der Waals surface area contributed by atoms with Crippen molar-refractivity contribution < 1.29 is 0 Å². The zero-order valence-corrected chi connectivity index (χ0v) is 26.1. The molecule has 5 aromatic carbocycles. The van der Waals surface area contributed by atoms with Gasteiger partial charge in [0.2, 0.25) is 0 Å². The molecule has 6 heteroatoms. The number of thiazole rings is 2. The molecule has 2 heterocycles. The Kier molecular flexibility index (Phi) is 7.76. The molecule has 44 heavy (non-hydrogen) atoms. The van der Waals surface area contributed by atoms with Gasteiger partial charge in [-0.05, 0) is 62.4 Å². The highest BCUT2D eigenvalue weighted by atomic mass is 32.1. The third-order valence-corrected chi connectivity index (χ3v) is 9.35. The molecule has 0 N–H and O–H groups in total. The van der Waals surface area contributed by atoms with E-state index in [0.29, 0.717) is 0 Å². The molecule has 7 aromatic rings. The lowest BCUT2D eigenvalue weighted by molar-refractivity contribution is 1.21. The first-order chi connectivity index (χ1) is 21.7. The quantitative estimate of drug-likeness (QED) is 0.172. The van der Waals surface area contributed by atoms with E-state index in [1.54, 1.807) is 22.7 Å². The molecule has 0 saturated heterocycles. The Hall–Kier alpha value is -5.04. The summed E-state index contributed by atoms with van der Waals surface area (Å²) in [6, 6.07) is 50.4. The molecule has 0 fully saturated rings. The average molecular weight is 607 g/mol. The van der Waals surface area contributed by atoms with Gasteiger partial charge < -0.3 is 0 Å². The smallest absolute Gasteiger partial charge is 0.195 e. The molecule has 0 unspecified atom stereocenters. The number of nitrogens with zero attached hydrogens (tertiary/aromatic N) is 4. The monoisotopic (exact) mass is 606 g/mol. The van der Waals surface area contributed by atoms with Gasteiger partial charge in [-0.15, -0.1) is 22.7 Å². The van der Waals surface area contributed by atoms with Crippen molar-refractivity contribution >= 4 is 55.7 Å². The Morgan fingerprint density at radius 2 is 0.682 bits per heavy atom. The molecule has 0 aliphatic rings. The fraction of sp³-hybridized carbons (Fsp3) is 0.0526. The van der Waals surface area contributed by atoms with E-state index in [0.717, 1.165) is 55.5 Å². The van der Waals surface area contributed by atoms with Gasteiger partial charge in [0.25, 0.3) is 0 Å². The minimum Gasteiger partial charge on any atom is -0.286 e. The van der Waals surface area contributed by atoms with E-state index in [2.05, 4.69) is 145 Å². The third-order valence-electron chi connectivity index (χ3n) is 7.44. The van der Waals surface area contributed by atoms with Crippen molar-refractivity contribution in [3.63, 3.8) is 0 Å². The summed E-state index contributed by atoms with van der Waals surface area (Å²) in [7, 11) is 0. The summed E-state index contributed by atoms with van der Waals surface area (Å²) < 4.78 is 0. The summed E-state index contributed by atoms with van der Waals surface area (Å²) >= 11 is 3.42. The van der Waals surface area contributed by atoms with Crippen LogP contribution in [0.3, 0.4) is 0 Å². The van der Waals surface area contributed by atoms with Crippen molar-refractivity contribution in [3.8, 4) is 22.5 Å². The number of aromatic nitrogens is 2. The van der Waals surface area contributed by atoms with Gasteiger partial charge in [0.05, 0.1) is 11.4 Å². The molecule has 214 valence electrons. The zero-order chi connectivity index (χ0) is 29.9. The Morgan fingerprint density at radius 3 is 1.02 bits per heavy atom. The lowest BCUT2D eigenvalue weighted by atomic mass is 10.1. The fourth-order valence-corrected chi connectivity index (χ4v) is 7.27. The van der Waals surface area contributed by atoms with Gasteiger partial charge in [0.15, 0.2) is 10.3 Å². The number of anilines is 6. The van der Waals surface area contributed by atoms with Crippen LogP contribution in [0.25, 0.3) is 22.5 Å². The van der Waals surface area contributed by atoms with E-state index < -0.39 is 0 Å². The van der Waals surface area contributed by atoms with Gasteiger partial charge >= 0.3 is 0 Å². The third kappa shape index (κ3) is 5.53. The maximum atomic E-state index is 5.15. The number of hydrogen-bond acceptors (Lipinski definition) is 6. The van der Waals surface area contributed by atoms with Crippen LogP contribution in [-0.2, 0) is 0 Å². The van der Waals surface area contributed by atoms with Crippen molar-refractivity contribution in [3.05, 3.63) is 155 Å². The summed E-state index contributed by atoms with van der Waals surface area (Å²) in [6.07, 6.45) is 0. The molecule has 0 aliphatic carbocycles. The van der Waals surface area contributed by atoms with Crippen LogP contribution in [0.4, 0.5) is 33.0 Å². The maximum Gasteiger partial charge on any atom is 0.195 e. The van der Waals surface area contributed by atoms with E-state index in [4.69, 9.17) is 9.97 Å². The molecular formula is C38H30N4S2. The second kappa shape index (κ2) is 12.3. The number of aryl methyl sites for hydroxylation is 2. The second-order valence-electron chi connectivity index (χ2n) is 10.4. The molecule has 0 spiro atoms. The van der Waals surface area contributed by atoms with Crippen LogP contribution in [0.15, 0.2) is 146 Å². The number of rotatable bonds is 8. The fourth-order valence-electron chi connectivity index (χ4n) is 5.33. The highest BCUT2D eigenvalue weighted by Gasteiger charge is 2.22. The van der Waals surface area contributed by atoms with Crippen molar-refractivity contribution in [2.24, 2.45) is 0 Å². The van der Waals surface area contributed by atoms with Crippen molar-refractivity contribution in [2.45, 2.75) is 13.8 Å². The van der Waals surface area contributed by atoms with Gasteiger partial charge in [0, 0.05) is 43.6 Å². The van der Waals surface area contributed by atoms with Crippen molar-refractivity contribution in [2.75, 3.05) is 9.80 Å². The molecule has 0 aliphatic heterocycles. The predicted octanol–water partition coefficient (Wildman–Crippen LogP) is 11.5. The van der Waals surface area contributed by atoms with Crippen molar-refractivity contribution in [1.29, 1.82) is 0 Å². The molecule has 2 aromatic heterocycles. The first-order valence-electron chi connectivity index (χ1n) is 14.5. The molecule has 7 rings (SSSR count). The minimum absolute atomic E-state index is 0.934. The molecule has 0 atom stereocenters. The predicted molar refractivity (Wildman–Crippen MR) is 187 cm³/mol. The molecule has 0 radical (unpaired) electrons. The molecule has 0 saturated carbocycles. The zero-order valence-electron chi connectivity index (χ0n) is 24.5. The van der Waals surface area contributed by atoms with Gasteiger partial charge in [-0.25, -0.2) is 9.97 Å². The van der Waals surface area contributed by atoms with Gasteiger partial charge in [-0.1, -0.05) is 97.1 Å². The highest BCUT2D eigenvalue weighted by molar-refractivity contribution is 7.16. The second-order valence-corrected chi connectivity index (χ2v) is 12.8. The maximum absolute atomic E-state index is 5.15. The SMILES string of the molecule is Cc1sc(N(c2ccccc2)c2ccc(N(c3ccccc3)c3nc(-c4ccccc4)c(C)s3)cc2)nc1-c1ccccc1. The van der Waals surface area contributed by atoms with Crippen LogP contribution in [-0.4, -0.2) is 9.97 Å². The molecular weight excluding hydrogens is 577 g/mol. The summed E-state index contributed by atoms with van der Waals surface area (Å²) in [5, 5.41) is 1.87. The van der Waals surface area contributed by atoms with Crippen LogP contribution in [0.2, 0.25) is 0 Å². The summed E-state index contributed by atoms with van der Waals surface area (Å²) in [5.74, 6) is 0. The van der Waals surface area contributed by atoms with Gasteiger partial charge in [-0.2, -0.15) is 0 Å². The number of para-hydroxylation sites is 2. The molecule has 0 bridgehead atoms. The first-order valence-corrected chi connectivity index (χ1v) is 16.1. The Bertz CT molecular complexity index is 1820. The highest BCUT2D eigenvalue weighted by Crippen LogP contribution is 2.43. The van der Waals surface area contributed by atoms with Crippen LogP contribution in [0.5, 0.6) is 0 Å². The van der Waals surface area contributed by atoms with E-state index in [9.17, 15) is 0 Å². The lowest BCUT2D eigenvalue weighted by Gasteiger charge is -2.25. The molecule has 4 nitrogen and oxygen atoms in total. The Balaban J connectivity index is 1.30. The van der Waals surface area contributed by atoms with E-state index in [1.807, 2.05) is 24.3 Å².